The average Bonchev–Trinajstić information content (AvgIpc) is 3.30. The fourth-order valence-corrected chi connectivity index (χ4v) is 4.96. The summed E-state index contributed by atoms with van der Waals surface area (Å²) in [6.45, 7) is 1.96. The fourth-order valence-electron chi connectivity index (χ4n) is 2.92. The second-order valence-electron chi connectivity index (χ2n) is 6.25. The number of para-hydroxylation sites is 1. The number of thioether (sulfide) groups is 1. The van der Waals surface area contributed by atoms with Crippen molar-refractivity contribution in [3.63, 3.8) is 0 Å². The summed E-state index contributed by atoms with van der Waals surface area (Å²) in [5.41, 5.74) is 2.97. The number of ether oxygens (including phenoxy) is 1. The molecule has 0 aliphatic rings. The zero-order valence-corrected chi connectivity index (χ0v) is 18.1. The lowest BCUT2D eigenvalue weighted by atomic mass is 10.1. The molecule has 0 fully saturated rings. The number of anilines is 1. The van der Waals surface area contributed by atoms with Gasteiger partial charge in [-0.3, -0.25) is 4.79 Å². The smallest absolute Gasteiger partial charge is 0.291 e. The van der Waals surface area contributed by atoms with Gasteiger partial charge in [0, 0.05) is 32.8 Å². The maximum Gasteiger partial charge on any atom is 0.291 e. The molecule has 1 amide bonds. The van der Waals surface area contributed by atoms with Crippen LogP contribution in [0.1, 0.15) is 21.8 Å². The van der Waals surface area contributed by atoms with Crippen LogP contribution in [0.25, 0.3) is 11.0 Å². The second-order valence-corrected chi connectivity index (χ2v) is 8.77. The molecule has 1 N–H and O–H groups in total. The molecule has 0 aliphatic heterocycles. The van der Waals surface area contributed by atoms with Gasteiger partial charge in [0.2, 0.25) is 0 Å². The number of thiazole rings is 1. The predicted octanol–water partition coefficient (Wildman–Crippen LogP) is 6.40. The number of halogens is 1. The summed E-state index contributed by atoms with van der Waals surface area (Å²) in [6.07, 6.45) is 0. The Morgan fingerprint density at radius 2 is 2.14 bits per heavy atom. The van der Waals surface area contributed by atoms with E-state index in [9.17, 15) is 4.79 Å². The van der Waals surface area contributed by atoms with E-state index < -0.39 is 0 Å². The highest BCUT2D eigenvalue weighted by molar-refractivity contribution is 8.00. The first-order valence-corrected chi connectivity index (χ1v) is 11.0. The van der Waals surface area contributed by atoms with Crippen molar-refractivity contribution in [2.45, 2.75) is 17.0 Å². The van der Waals surface area contributed by atoms with E-state index in [0.717, 1.165) is 21.0 Å². The van der Waals surface area contributed by atoms with Crippen LogP contribution in [0.5, 0.6) is 5.75 Å². The van der Waals surface area contributed by atoms with Crippen LogP contribution in [0.2, 0.25) is 5.02 Å². The molecular formula is C21H17ClN2O3S2. The summed E-state index contributed by atoms with van der Waals surface area (Å²) in [6, 6.07) is 12.7. The van der Waals surface area contributed by atoms with Crippen LogP contribution in [0.4, 0.5) is 5.69 Å². The number of rotatable bonds is 6. The Bertz CT molecular complexity index is 1190. The molecule has 2 aromatic carbocycles. The Hall–Kier alpha value is -2.48. The van der Waals surface area contributed by atoms with Crippen molar-refractivity contribution in [2.75, 3.05) is 12.4 Å². The summed E-state index contributed by atoms with van der Waals surface area (Å²) in [5.74, 6) is 1.01. The van der Waals surface area contributed by atoms with Gasteiger partial charge >= 0.3 is 0 Å². The van der Waals surface area contributed by atoms with E-state index in [1.165, 1.54) is 7.11 Å². The Balaban J connectivity index is 1.67. The van der Waals surface area contributed by atoms with Crippen LogP contribution in [0.3, 0.4) is 0 Å². The van der Waals surface area contributed by atoms with Gasteiger partial charge in [-0.1, -0.05) is 41.6 Å². The Morgan fingerprint density at radius 1 is 1.31 bits per heavy atom. The minimum Gasteiger partial charge on any atom is -0.495 e. The van der Waals surface area contributed by atoms with E-state index in [-0.39, 0.29) is 11.7 Å². The number of benzene rings is 2. The lowest BCUT2D eigenvalue weighted by Gasteiger charge is -2.10. The van der Waals surface area contributed by atoms with Crippen LogP contribution in [0.15, 0.2) is 56.6 Å². The summed E-state index contributed by atoms with van der Waals surface area (Å²) in [4.78, 5) is 17.6. The lowest BCUT2D eigenvalue weighted by molar-refractivity contribution is 0.0997. The quantitative estimate of drug-likeness (QED) is 0.348. The number of furan rings is 1. The van der Waals surface area contributed by atoms with E-state index in [2.05, 4.69) is 10.3 Å². The lowest BCUT2D eigenvalue weighted by Crippen LogP contribution is -2.13. The average molecular weight is 445 g/mol. The first-order valence-electron chi connectivity index (χ1n) is 8.75. The van der Waals surface area contributed by atoms with Crippen molar-refractivity contribution in [1.29, 1.82) is 0 Å². The molecule has 0 aliphatic carbocycles. The van der Waals surface area contributed by atoms with E-state index in [4.69, 9.17) is 20.8 Å². The van der Waals surface area contributed by atoms with Gasteiger partial charge in [-0.15, -0.1) is 11.3 Å². The molecule has 8 heteroatoms. The van der Waals surface area contributed by atoms with E-state index in [1.807, 2.05) is 36.6 Å². The highest BCUT2D eigenvalue weighted by Gasteiger charge is 2.22. The number of aromatic nitrogens is 1. The van der Waals surface area contributed by atoms with Crippen molar-refractivity contribution in [1.82, 2.24) is 4.98 Å². The fraction of sp³-hybridized carbons (Fsp3) is 0.143. The van der Waals surface area contributed by atoms with Crippen molar-refractivity contribution in [3.05, 3.63) is 69.9 Å². The van der Waals surface area contributed by atoms with Crippen molar-refractivity contribution >= 4 is 57.3 Å². The van der Waals surface area contributed by atoms with Gasteiger partial charge in [0.1, 0.15) is 15.7 Å². The molecule has 5 nitrogen and oxygen atoms in total. The zero-order valence-electron chi connectivity index (χ0n) is 15.7. The molecule has 0 atom stereocenters. The molecule has 29 heavy (non-hydrogen) atoms. The normalized spacial score (nSPS) is 11.0. The Morgan fingerprint density at radius 3 is 2.90 bits per heavy atom. The van der Waals surface area contributed by atoms with Crippen LogP contribution < -0.4 is 10.1 Å². The maximum atomic E-state index is 13.1. The molecule has 148 valence electrons. The molecule has 0 bridgehead atoms. The third kappa shape index (κ3) is 4.27. The molecule has 0 spiro atoms. The Kier molecular flexibility index (Phi) is 5.80. The number of fused-ring (bicyclic) bond motifs is 1. The van der Waals surface area contributed by atoms with Crippen molar-refractivity contribution in [2.24, 2.45) is 0 Å². The molecule has 2 aromatic heterocycles. The van der Waals surface area contributed by atoms with E-state index >= 15 is 0 Å². The number of aryl methyl sites for hydroxylation is 1. The highest BCUT2D eigenvalue weighted by atomic mass is 35.5. The van der Waals surface area contributed by atoms with Gasteiger partial charge < -0.3 is 14.5 Å². The molecule has 4 rings (SSSR count). The maximum absolute atomic E-state index is 13.1. The van der Waals surface area contributed by atoms with Crippen LogP contribution in [0, 0.1) is 6.92 Å². The zero-order chi connectivity index (χ0) is 20.4. The van der Waals surface area contributed by atoms with Gasteiger partial charge in [0.25, 0.3) is 5.91 Å². The van der Waals surface area contributed by atoms with Gasteiger partial charge in [0.15, 0.2) is 5.76 Å². The summed E-state index contributed by atoms with van der Waals surface area (Å²) in [5, 5.41) is 6.28. The predicted molar refractivity (Wildman–Crippen MR) is 119 cm³/mol. The first kappa shape index (κ1) is 19.8. The van der Waals surface area contributed by atoms with Crippen molar-refractivity contribution in [3.8, 4) is 5.75 Å². The van der Waals surface area contributed by atoms with Gasteiger partial charge in [-0.25, -0.2) is 4.98 Å². The number of hydrogen-bond donors (Lipinski definition) is 1. The minimum absolute atomic E-state index is 0.272. The molecule has 0 saturated carbocycles. The third-order valence-electron chi connectivity index (χ3n) is 4.25. The van der Waals surface area contributed by atoms with Crippen molar-refractivity contribution < 1.29 is 13.9 Å². The topological polar surface area (TPSA) is 64.4 Å². The highest BCUT2D eigenvalue weighted by Crippen LogP contribution is 2.34. The van der Waals surface area contributed by atoms with Gasteiger partial charge in [-0.2, -0.15) is 0 Å². The summed E-state index contributed by atoms with van der Waals surface area (Å²) < 4.78 is 12.2. The van der Waals surface area contributed by atoms with Crippen LogP contribution in [-0.4, -0.2) is 18.0 Å². The SMILES string of the molecule is COc1ccc(Cl)cc1NC(=O)c1oc2ccccc2c1CSc1nc(C)cs1. The number of hydrogen-bond acceptors (Lipinski definition) is 6. The number of carbonyl (C=O) groups excluding carboxylic acids is 1. The molecular weight excluding hydrogens is 428 g/mol. The summed E-state index contributed by atoms with van der Waals surface area (Å²) >= 11 is 9.25. The molecule has 0 radical (unpaired) electrons. The standard InChI is InChI=1S/C21H17ClN2O3S2/c1-12-10-28-21(23-12)29-11-15-14-5-3-4-6-17(14)27-19(15)20(25)24-16-9-13(22)7-8-18(16)26-2/h3-10H,11H2,1-2H3,(H,24,25). The van der Waals surface area contributed by atoms with Crippen LogP contribution >= 0.6 is 34.7 Å². The number of nitrogens with one attached hydrogen (secondary N) is 1. The molecule has 4 aromatic rings. The van der Waals surface area contributed by atoms with Gasteiger partial charge in [0.05, 0.1) is 12.8 Å². The van der Waals surface area contributed by atoms with E-state index in [1.54, 1.807) is 41.3 Å². The molecule has 2 heterocycles. The van der Waals surface area contributed by atoms with Gasteiger partial charge in [-0.05, 0) is 31.2 Å². The third-order valence-corrected chi connectivity index (χ3v) is 6.65. The Labute approximate surface area is 181 Å². The largest absolute Gasteiger partial charge is 0.495 e. The first-order chi connectivity index (χ1) is 14.0. The monoisotopic (exact) mass is 444 g/mol. The van der Waals surface area contributed by atoms with Crippen LogP contribution in [-0.2, 0) is 5.75 Å². The molecule has 0 unspecified atom stereocenters. The molecule has 0 saturated heterocycles. The number of methoxy groups -OCH3 is 1. The number of nitrogens with zero attached hydrogens (tertiary/aromatic N) is 1. The summed E-state index contributed by atoms with van der Waals surface area (Å²) in [7, 11) is 1.54. The number of carbonyl (C=O) groups is 1. The number of amides is 1. The van der Waals surface area contributed by atoms with E-state index in [0.29, 0.717) is 27.8 Å². The second kappa shape index (κ2) is 8.49. The minimum atomic E-state index is -0.354.